The monoisotopic (exact) mass is 362 g/mol. The molecule has 1 heterocycles. The molecule has 0 bridgehead atoms. The molecule has 2 aromatic rings. The second kappa shape index (κ2) is 7.05. The third-order valence-electron chi connectivity index (χ3n) is 2.98. The molecule has 0 aliphatic carbocycles. The van der Waals surface area contributed by atoms with Crippen LogP contribution in [-0.2, 0) is 16.2 Å². The molecule has 0 aliphatic rings. The van der Waals surface area contributed by atoms with E-state index < -0.39 is 27.7 Å². The summed E-state index contributed by atoms with van der Waals surface area (Å²) in [5, 5.41) is 2.46. The fraction of sp³-hybridized carbons (Fsp3) is 0.214. The highest BCUT2D eigenvalue weighted by molar-refractivity contribution is 7.89. The average molecular weight is 362 g/mol. The first kappa shape index (κ1) is 18.0. The third-order valence-corrected chi connectivity index (χ3v) is 4.45. The van der Waals surface area contributed by atoms with Gasteiger partial charge >= 0.3 is 6.18 Å². The molecule has 0 fully saturated rings. The molecule has 1 aromatic carbocycles. The molecule has 0 saturated heterocycles. The Balaban J connectivity index is 1.88. The Morgan fingerprint density at radius 2 is 1.75 bits per heavy atom. The lowest BCUT2D eigenvalue weighted by atomic mass is 10.2. The van der Waals surface area contributed by atoms with E-state index in [2.05, 4.69) is 10.0 Å². The van der Waals surface area contributed by atoms with Crippen molar-refractivity contribution in [3.8, 4) is 0 Å². The Bertz CT molecular complexity index is 784. The zero-order chi connectivity index (χ0) is 17.8. The summed E-state index contributed by atoms with van der Waals surface area (Å²) < 4.78 is 68.1. The fourth-order valence-corrected chi connectivity index (χ4v) is 2.80. The lowest BCUT2D eigenvalue weighted by Gasteiger charge is -2.09. The van der Waals surface area contributed by atoms with E-state index in [9.17, 15) is 26.4 Å². The smallest absolute Gasteiger partial charge is 0.416 e. The molecule has 2 rings (SSSR count). The summed E-state index contributed by atoms with van der Waals surface area (Å²) in [6, 6.07) is 4.57. The van der Waals surface area contributed by atoms with E-state index in [1.54, 1.807) is 0 Å². The second-order valence-electron chi connectivity index (χ2n) is 4.69. The number of furan rings is 1. The molecule has 1 amide bonds. The molecule has 0 unspecified atom stereocenters. The van der Waals surface area contributed by atoms with E-state index in [0.29, 0.717) is 17.7 Å². The SMILES string of the molecule is O=C(NCCNS(=O)(=O)c1ccc(C(F)(F)F)cc1)c1ccoc1. The Morgan fingerprint density at radius 3 is 2.29 bits per heavy atom. The number of amides is 1. The highest BCUT2D eigenvalue weighted by Crippen LogP contribution is 2.29. The van der Waals surface area contributed by atoms with Gasteiger partial charge in [-0.15, -0.1) is 0 Å². The first-order valence-electron chi connectivity index (χ1n) is 6.67. The Hall–Kier alpha value is -2.33. The maximum absolute atomic E-state index is 12.4. The highest BCUT2D eigenvalue weighted by Gasteiger charge is 2.30. The van der Waals surface area contributed by atoms with Crippen LogP contribution in [0.15, 0.2) is 52.2 Å². The van der Waals surface area contributed by atoms with E-state index >= 15 is 0 Å². The number of hydrogen-bond acceptors (Lipinski definition) is 4. The number of sulfonamides is 1. The van der Waals surface area contributed by atoms with Gasteiger partial charge < -0.3 is 9.73 Å². The average Bonchev–Trinajstić information content (AvgIpc) is 3.05. The first-order chi connectivity index (χ1) is 11.2. The van der Waals surface area contributed by atoms with Gasteiger partial charge in [-0.2, -0.15) is 13.2 Å². The number of benzene rings is 1. The normalized spacial score (nSPS) is 12.1. The van der Waals surface area contributed by atoms with Gasteiger partial charge in [0.1, 0.15) is 6.26 Å². The first-order valence-corrected chi connectivity index (χ1v) is 8.16. The summed E-state index contributed by atoms with van der Waals surface area (Å²) in [7, 11) is -3.96. The molecule has 6 nitrogen and oxygen atoms in total. The van der Waals surface area contributed by atoms with Crippen molar-refractivity contribution in [3.05, 3.63) is 54.0 Å². The Morgan fingerprint density at radius 1 is 1.08 bits per heavy atom. The van der Waals surface area contributed by atoms with Gasteiger partial charge in [0.15, 0.2) is 0 Å². The molecular weight excluding hydrogens is 349 g/mol. The van der Waals surface area contributed by atoms with Crippen LogP contribution in [0, 0.1) is 0 Å². The van der Waals surface area contributed by atoms with Crippen molar-refractivity contribution in [2.75, 3.05) is 13.1 Å². The van der Waals surface area contributed by atoms with Gasteiger partial charge in [-0.3, -0.25) is 4.79 Å². The molecule has 0 atom stereocenters. The number of rotatable bonds is 6. The Kier molecular flexibility index (Phi) is 5.30. The van der Waals surface area contributed by atoms with Crippen molar-refractivity contribution in [3.63, 3.8) is 0 Å². The molecule has 24 heavy (non-hydrogen) atoms. The van der Waals surface area contributed by atoms with Gasteiger partial charge in [-0.05, 0) is 30.3 Å². The van der Waals surface area contributed by atoms with E-state index in [1.165, 1.54) is 18.6 Å². The van der Waals surface area contributed by atoms with Gasteiger partial charge in [0.05, 0.1) is 22.3 Å². The van der Waals surface area contributed by atoms with Crippen molar-refractivity contribution in [1.82, 2.24) is 10.0 Å². The van der Waals surface area contributed by atoms with Crippen LogP contribution in [0.3, 0.4) is 0 Å². The molecule has 2 N–H and O–H groups in total. The molecule has 130 valence electrons. The lowest BCUT2D eigenvalue weighted by molar-refractivity contribution is -0.137. The number of nitrogens with one attached hydrogen (secondary N) is 2. The van der Waals surface area contributed by atoms with Crippen LogP contribution >= 0.6 is 0 Å². The molecule has 0 saturated carbocycles. The zero-order valence-corrected chi connectivity index (χ0v) is 12.9. The number of carbonyl (C=O) groups is 1. The zero-order valence-electron chi connectivity index (χ0n) is 12.1. The van der Waals surface area contributed by atoms with E-state index in [1.807, 2.05) is 0 Å². The molecule has 0 radical (unpaired) electrons. The van der Waals surface area contributed by atoms with Gasteiger partial charge in [0, 0.05) is 13.1 Å². The van der Waals surface area contributed by atoms with Crippen LogP contribution in [0.1, 0.15) is 15.9 Å². The summed E-state index contributed by atoms with van der Waals surface area (Å²) in [5.74, 6) is -0.433. The lowest BCUT2D eigenvalue weighted by Crippen LogP contribution is -2.34. The summed E-state index contributed by atoms with van der Waals surface area (Å²) in [4.78, 5) is 11.3. The standard InChI is InChI=1S/C14H13F3N2O4S/c15-14(16,17)11-1-3-12(4-2-11)24(21,22)19-7-6-18-13(20)10-5-8-23-9-10/h1-5,8-9,19H,6-7H2,(H,18,20). The van der Waals surface area contributed by atoms with Crippen LogP contribution in [0.25, 0.3) is 0 Å². The minimum Gasteiger partial charge on any atom is -0.472 e. The van der Waals surface area contributed by atoms with Crippen molar-refractivity contribution < 1.29 is 30.8 Å². The summed E-state index contributed by atoms with van der Waals surface area (Å²) in [6.07, 6.45) is -1.98. The number of hydrogen-bond donors (Lipinski definition) is 2. The maximum Gasteiger partial charge on any atom is 0.416 e. The largest absolute Gasteiger partial charge is 0.472 e. The van der Waals surface area contributed by atoms with Crippen molar-refractivity contribution in [2.24, 2.45) is 0 Å². The maximum atomic E-state index is 12.4. The number of alkyl halides is 3. The summed E-state index contributed by atoms with van der Waals surface area (Å²) in [6.45, 7) is -0.114. The highest BCUT2D eigenvalue weighted by atomic mass is 32.2. The van der Waals surface area contributed by atoms with Crippen molar-refractivity contribution >= 4 is 15.9 Å². The van der Waals surface area contributed by atoms with Crippen LogP contribution < -0.4 is 10.0 Å². The van der Waals surface area contributed by atoms with Crippen LogP contribution in [0.2, 0.25) is 0 Å². The topological polar surface area (TPSA) is 88.4 Å². The Labute approximate surface area is 135 Å². The van der Waals surface area contributed by atoms with Gasteiger partial charge in [0.2, 0.25) is 10.0 Å². The second-order valence-corrected chi connectivity index (χ2v) is 6.45. The van der Waals surface area contributed by atoms with Gasteiger partial charge in [-0.1, -0.05) is 0 Å². The number of carbonyl (C=O) groups excluding carboxylic acids is 1. The van der Waals surface area contributed by atoms with Crippen molar-refractivity contribution in [1.29, 1.82) is 0 Å². The predicted molar refractivity (Wildman–Crippen MR) is 77.7 cm³/mol. The molecule has 10 heteroatoms. The van der Waals surface area contributed by atoms with E-state index in [4.69, 9.17) is 4.42 Å². The predicted octanol–water partition coefficient (Wildman–Crippen LogP) is 2.01. The summed E-state index contributed by atoms with van der Waals surface area (Å²) in [5.41, 5.74) is -0.644. The van der Waals surface area contributed by atoms with Crippen LogP contribution in [0.5, 0.6) is 0 Å². The van der Waals surface area contributed by atoms with Crippen LogP contribution in [-0.4, -0.2) is 27.4 Å². The minimum absolute atomic E-state index is 0.00385. The molecule has 0 spiro atoms. The van der Waals surface area contributed by atoms with Gasteiger partial charge in [0.25, 0.3) is 5.91 Å². The van der Waals surface area contributed by atoms with E-state index in [0.717, 1.165) is 12.1 Å². The number of halogens is 3. The third kappa shape index (κ3) is 4.59. The van der Waals surface area contributed by atoms with Crippen LogP contribution in [0.4, 0.5) is 13.2 Å². The van der Waals surface area contributed by atoms with Gasteiger partial charge in [-0.25, -0.2) is 13.1 Å². The molecule has 1 aromatic heterocycles. The summed E-state index contributed by atoms with van der Waals surface area (Å²) >= 11 is 0. The molecular formula is C14H13F3N2O4S. The molecule has 0 aliphatic heterocycles. The van der Waals surface area contributed by atoms with Crippen molar-refractivity contribution in [2.45, 2.75) is 11.1 Å². The quantitative estimate of drug-likeness (QED) is 0.770. The minimum atomic E-state index is -4.53. The van der Waals surface area contributed by atoms with E-state index in [-0.39, 0.29) is 18.0 Å². The fourth-order valence-electron chi connectivity index (χ4n) is 1.76.